The molecule has 0 aromatic rings. The Kier molecular flexibility index (Phi) is 5.99. The molecule has 0 heterocycles. The van der Waals surface area contributed by atoms with E-state index in [0.29, 0.717) is 0 Å². The molecule has 1 rings (SSSR count). The number of allylic oxidation sites excluding steroid dienone is 2. The van der Waals surface area contributed by atoms with Crippen molar-refractivity contribution in [2.24, 2.45) is 0 Å². The molecule has 110 valence electrons. The summed E-state index contributed by atoms with van der Waals surface area (Å²) in [5, 5.41) is 0. The van der Waals surface area contributed by atoms with Crippen molar-refractivity contribution in [3.05, 3.63) is 23.8 Å². The van der Waals surface area contributed by atoms with Crippen LogP contribution in [0.3, 0.4) is 0 Å². The first-order chi connectivity index (χ1) is 8.67. The maximum absolute atomic E-state index is 12.4. The SMILES string of the molecule is CC(C)(C)SNC(CCC(F)(F)F)C1=CCCC=C1. The van der Waals surface area contributed by atoms with Gasteiger partial charge < -0.3 is 0 Å². The fourth-order valence-electron chi connectivity index (χ4n) is 1.74. The van der Waals surface area contributed by atoms with Crippen molar-refractivity contribution in [3.8, 4) is 0 Å². The van der Waals surface area contributed by atoms with E-state index in [4.69, 9.17) is 0 Å². The zero-order chi connectivity index (χ0) is 14.5. The Labute approximate surface area is 117 Å². The zero-order valence-electron chi connectivity index (χ0n) is 11.7. The molecule has 1 aliphatic rings. The van der Waals surface area contributed by atoms with Crippen LogP contribution in [0.5, 0.6) is 0 Å². The van der Waals surface area contributed by atoms with Crippen LogP contribution in [-0.4, -0.2) is 17.0 Å². The molecule has 1 N–H and O–H groups in total. The van der Waals surface area contributed by atoms with Gasteiger partial charge in [0.25, 0.3) is 0 Å². The summed E-state index contributed by atoms with van der Waals surface area (Å²) in [6, 6.07) is -0.234. The smallest absolute Gasteiger partial charge is 0.256 e. The first kappa shape index (κ1) is 16.6. The Morgan fingerprint density at radius 3 is 2.42 bits per heavy atom. The van der Waals surface area contributed by atoms with Gasteiger partial charge in [-0.15, -0.1) is 0 Å². The van der Waals surface area contributed by atoms with Crippen LogP contribution in [0.2, 0.25) is 0 Å². The van der Waals surface area contributed by atoms with Gasteiger partial charge in [0.05, 0.1) is 0 Å². The average molecular weight is 293 g/mol. The van der Waals surface area contributed by atoms with Crippen molar-refractivity contribution in [2.75, 3.05) is 0 Å². The van der Waals surface area contributed by atoms with Crippen LogP contribution >= 0.6 is 11.9 Å². The lowest BCUT2D eigenvalue weighted by atomic mass is 9.97. The van der Waals surface area contributed by atoms with E-state index in [9.17, 15) is 13.2 Å². The minimum Gasteiger partial charge on any atom is -0.256 e. The fraction of sp³-hybridized carbons (Fsp3) is 0.714. The fourth-order valence-corrected chi connectivity index (χ4v) is 2.49. The number of hydrogen-bond acceptors (Lipinski definition) is 2. The predicted octanol–water partition coefficient (Wildman–Crippen LogP) is 5.01. The second-order valence-electron chi connectivity index (χ2n) is 5.72. The normalized spacial score (nSPS) is 18.3. The highest BCUT2D eigenvalue weighted by Gasteiger charge is 2.29. The van der Waals surface area contributed by atoms with Crippen LogP contribution in [0.25, 0.3) is 0 Å². The number of hydrogen-bond donors (Lipinski definition) is 1. The Morgan fingerprint density at radius 2 is 1.95 bits per heavy atom. The van der Waals surface area contributed by atoms with Gasteiger partial charge in [-0.25, -0.2) is 0 Å². The van der Waals surface area contributed by atoms with Crippen molar-refractivity contribution in [1.82, 2.24) is 4.72 Å². The van der Waals surface area contributed by atoms with Gasteiger partial charge in [-0.1, -0.05) is 30.2 Å². The van der Waals surface area contributed by atoms with Crippen LogP contribution in [-0.2, 0) is 0 Å². The predicted molar refractivity (Wildman–Crippen MR) is 76.0 cm³/mol. The molecule has 0 aromatic carbocycles. The van der Waals surface area contributed by atoms with E-state index in [1.165, 1.54) is 11.9 Å². The summed E-state index contributed by atoms with van der Waals surface area (Å²) in [4.78, 5) is 0. The molecule has 1 nitrogen and oxygen atoms in total. The van der Waals surface area contributed by atoms with Gasteiger partial charge in [-0.05, 0) is 45.6 Å². The van der Waals surface area contributed by atoms with Crippen LogP contribution in [0.1, 0.15) is 46.5 Å². The van der Waals surface area contributed by atoms with E-state index in [2.05, 4.69) is 4.72 Å². The van der Waals surface area contributed by atoms with E-state index in [-0.39, 0.29) is 17.2 Å². The number of alkyl halides is 3. The summed E-state index contributed by atoms with van der Waals surface area (Å²) in [5.41, 5.74) is 0.979. The van der Waals surface area contributed by atoms with Gasteiger partial charge in [-0.3, -0.25) is 4.72 Å². The van der Waals surface area contributed by atoms with Crippen molar-refractivity contribution in [3.63, 3.8) is 0 Å². The van der Waals surface area contributed by atoms with E-state index >= 15 is 0 Å². The third-order valence-corrected chi connectivity index (χ3v) is 3.66. The second kappa shape index (κ2) is 6.84. The van der Waals surface area contributed by atoms with Crippen molar-refractivity contribution in [1.29, 1.82) is 0 Å². The van der Waals surface area contributed by atoms with Crippen LogP contribution in [0, 0.1) is 0 Å². The Balaban J connectivity index is 2.62. The highest BCUT2D eigenvalue weighted by Crippen LogP contribution is 2.28. The standard InChI is InChI=1S/C14H22F3NS/c1-13(2,3)19-18-12(9-10-14(15,16)17)11-7-5-4-6-8-11/h5,7-8,12,18H,4,6,9-10H2,1-3H3. The van der Waals surface area contributed by atoms with Gasteiger partial charge in [0.1, 0.15) is 0 Å². The molecule has 0 spiro atoms. The van der Waals surface area contributed by atoms with E-state index in [0.717, 1.165) is 18.4 Å². The van der Waals surface area contributed by atoms with Crippen LogP contribution in [0.15, 0.2) is 23.8 Å². The third-order valence-electron chi connectivity index (χ3n) is 2.65. The first-order valence-corrected chi connectivity index (χ1v) is 7.36. The van der Waals surface area contributed by atoms with Gasteiger partial charge in [0, 0.05) is 17.2 Å². The molecule has 0 saturated carbocycles. The number of halogens is 3. The maximum atomic E-state index is 12.4. The lowest BCUT2D eigenvalue weighted by Gasteiger charge is -2.26. The minimum atomic E-state index is -4.09. The highest BCUT2D eigenvalue weighted by molar-refractivity contribution is 7.98. The van der Waals surface area contributed by atoms with Crippen LogP contribution in [0.4, 0.5) is 13.2 Å². The molecule has 0 saturated heterocycles. The Morgan fingerprint density at radius 1 is 1.26 bits per heavy atom. The summed E-state index contributed by atoms with van der Waals surface area (Å²) < 4.78 is 40.3. The largest absolute Gasteiger partial charge is 0.389 e. The molecule has 1 atom stereocenters. The zero-order valence-corrected chi connectivity index (χ0v) is 12.5. The number of nitrogens with one attached hydrogen (secondary N) is 1. The molecule has 5 heteroatoms. The van der Waals surface area contributed by atoms with Crippen LogP contribution < -0.4 is 4.72 Å². The molecule has 0 radical (unpaired) electrons. The van der Waals surface area contributed by atoms with Crippen molar-refractivity contribution < 1.29 is 13.2 Å². The summed E-state index contributed by atoms with van der Waals surface area (Å²) >= 11 is 1.49. The van der Waals surface area contributed by atoms with E-state index < -0.39 is 12.6 Å². The van der Waals surface area contributed by atoms with Gasteiger partial charge in [0.15, 0.2) is 0 Å². The molecule has 19 heavy (non-hydrogen) atoms. The maximum Gasteiger partial charge on any atom is 0.389 e. The average Bonchev–Trinajstić information content (AvgIpc) is 2.27. The summed E-state index contributed by atoms with van der Waals surface area (Å²) in [5.74, 6) is 0. The first-order valence-electron chi connectivity index (χ1n) is 6.54. The molecule has 0 fully saturated rings. The molecule has 1 aliphatic carbocycles. The monoisotopic (exact) mass is 293 g/mol. The lowest BCUT2D eigenvalue weighted by molar-refractivity contribution is -0.136. The van der Waals surface area contributed by atoms with Crippen molar-refractivity contribution >= 4 is 11.9 Å². The minimum absolute atomic E-state index is 0.0184. The topological polar surface area (TPSA) is 12.0 Å². The van der Waals surface area contributed by atoms with Gasteiger partial charge in [0.2, 0.25) is 0 Å². The highest BCUT2D eigenvalue weighted by atomic mass is 32.2. The lowest BCUT2D eigenvalue weighted by Crippen LogP contribution is -2.31. The molecule has 0 aromatic heterocycles. The second-order valence-corrected chi connectivity index (χ2v) is 7.39. The number of rotatable bonds is 5. The molecular formula is C14H22F3NS. The quantitative estimate of drug-likeness (QED) is 0.715. The third kappa shape index (κ3) is 7.67. The molecule has 0 aliphatic heterocycles. The van der Waals surface area contributed by atoms with E-state index in [1.807, 2.05) is 39.0 Å². The Bertz CT molecular complexity index is 322. The Hall–Kier alpha value is -0.420. The molecule has 0 bridgehead atoms. The van der Waals surface area contributed by atoms with E-state index in [1.54, 1.807) is 0 Å². The van der Waals surface area contributed by atoms with Crippen molar-refractivity contribution in [2.45, 2.75) is 63.4 Å². The molecular weight excluding hydrogens is 271 g/mol. The van der Waals surface area contributed by atoms with Gasteiger partial charge >= 0.3 is 6.18 Å². The molecule has 0 amide bonds. The summed E-state index contributed by atoms with van der Waals surface area (Å²) in [6.45, 7) is 6.11. The summed E-state index contributed by atoms with van der Waals surface area (Å²) in [7, 11) is 0. The summed E-state index contributed by atoms with van der Waals surface area (Å²) in [6.07, 6.45) is 3.14. The van der Waals surface area contributed by atoms with Gasteiger partial charge in [-0.2, -0.15) is 13.2 Å². The molecule has 1 unspecified atom stereocenters.